The molecule has 0 aromatic heterocycles. The third kappa shape index (κ3) is 4.86. The number of amides is 2. The molecule has 0 aliphatic carbocycles. The van der Waals surface area contributed by atoms with Gasteiger partial charge in [-0.1, -0.05) is 0 Å². The number of nitrogens with zero attached hydrogens (tertiary/aromatic N) is 1. The van der Waals surface area contributed by atoms with E-state index in [1.165, 1.54) is 26.0 Å². The van der Waals surface area contributed by atoms with E-state index < -0.39 is 52.6 Å². The maximum Gasteiger partial charge on any atom is 0.352 e. The summed E-state index contributed by atoms with van der Waals surface area (Å²) in [5.74, 6) is -8.79. The molecule has 2 aromatic rings. The van der Waals surface area contributed by atoms with Crippen LogP contribution < -0.4 is 5.32 Å². The zero-order valence-electron chi connectivity index (χ0n) is 19.8. The Balaban J connectivity index is 1.57. The first-order valence-electron chi connectivity index (χ1n) is 11.6. The minimum atomic E-state index is -4.27. The predicted octanol–water partition coefficient (Wildman–Crippen LogP) is 4.48. The third-order valence-electron chi connectivity index (χ3n) is 6.91. The molecule has 2 saturated heterocycles. The number of halogens is 4. The Bertz CT molecular complexity index is 1220. The normalized spacial score (nSPS) is 23.5. The molecule has 2 amide bonds. The van der Waals surface area contributed by atoms with Gasteiger partial charge in [0.05, 0.1) is 11.2 Å². The molecule has 192 valence electrons. The van der Waals surface area contributed by atoms with Gasteiger partial charge in [-0.2, -0.15) is 8.78 Å². The number of aryl methyl sites for hydroxylation is 1. The fourth-order valence-electron chi connectivity index (χ4n) is 5.37. The summed E-state index contributed by atoms with van der Waals surface area (Å²) in [7, 11) is 0. The number of alkyl halides is 2. The number of benzene rings is 2. The van der Waals surface area contributed by atoms with E-state index in [-0.39, 0.29) is 41.9 Å². The van der Waals surface area contributed by atoms with Crippen LogP contribution in [0.3, 0.4) is 0 Å². The van der Waals surface area contributed by atoms with Crippen molar-refractivity contribution in [1.82, 2.24) is 4.90 Å². The number of aliphatic hydroxyl groups is 1. The van der Waals surface area contributed by atoms with Crippen molar-refractivity contribution in [3.05, 3.63) is 64.7 Å². The molecule has 0 spiro atoms. The Hall–Kier alpha value is -3.27. The van der Waals surface area contributed by atoms with Crippen LogP contribution in [0.25, 0.3) is 0 Å². The highest BCUT2D eigenvalue weighted by Gasteiger charge is 2.56. The van der Waals surface area contributed by atoms with E-state index in [0.717, 1.165) is 17.0 Å². The third-order valence-corrected chi connectivity index (χ3v) is 6.91. The quantitative estimate of drug-likeness (QED) is 0.566. The smallest absolute Gasteiger partial charge is 0.352 e. The fraction of sp³-hybridized carbons (Fsp3) is 0.423. The van der Waals surface area contributed by atoms with Gasteiger partial charge in [-0.25, -0.2) is 8.78 Å². The van der Waals surface area contributed by atoms with Crippen molar-refractivity contribution in [1.29, 1.82) is 0 Å². The van der Waals surface area contributed by atoms with Gasteiger partial charge in [0.15, 0.2) is 0 Å². The van der Waals surface area contributed by atoms with Crippen LogP contribution in [-0.4, -0.2) is 45.3 Å². The first-order chi connectivity index (χ1) is 16.8. The SMILES string of the molecule is CC(=O)CC1(O)CC2CCC(C1)N2C(=O)C(F)(F)c1cc(C(=O)Nc2ccc(F)c(C)c2)ccc1F. The summed E-state index contributed by atoms with van der Waals surface area (Å²) in [6, 6.07) is 4.72. The second kappa shape index (κ2) is 9.31. The lowest BCUT2D eigenvalue weighted by Gasteiger charge is -2.44. The van der Waals surface area contributed by atoms with Crippen LogP contribution in [0.2, 0.25) is 0 Å². The van der Waals surface area contributed by atoms with Crippen LogP contribution in [0.5, 0.6) is 0 Å². The van der Waals surface area contributed by atoms with Gasteiger partial charge in [0.1, 0.15) is 17.4 Å². The van der Waals surface area contributed by atoms with Crippen LogP contribution in [0.1, 0.15) is 60.5 Å². The van der Waals surface area contributed by atoms with E-state index in [4.69, 9.17) is 0 Å². The number of carbonyl (C=O) groups is 3. The van der Waals surface area contributed by atoms with E-state index in [1.54, 1.807) is 0 Å². The van der Waals surface area contributed by atoms with Crippen molar-refractivity contribution in [2.75, 3.05) is 5.32 Å². The number of anilines is 1. The molecule has 10 heteroatoms. The summed E-state index contributed by atoms with van der Waals surface area (Å²) in [4.78, 5) is 38.2. The molecule has 2 unspecified atom stereocenters. The van der Waals surface area contributed by atoms with E-state index in [9.17, 15) is 28.3 Å². The molecule has 4 rings (SSSR count). The van der Waals surface area contributed by atoms with E-state index in [2.05, 4.69) is 5.32 Å². The molecule has 2 aromatic carbocycles. The molecular weight excluding hydrogens is 480 g/mol. The average Bonchev–Trinajstić information content (AvgIpc) is 3.06. The Morgan fingerprint density at radius 2 is 1.67 bits per heavy atom. The molecule has 6 nitrogen and oxygen atoms in total. The topological polar surface area (TPSA) is 86.7 Å². The Kier molecular flexibility index (Phi) is 6.68. The summed E-state index contributed by atoms with van der Waals surface area (Å²) in [5.41, 5.74) is -2.43. The van der Waals surface area contributed by atoms with Gasteiger partial charge in [0.2, 0.25) is 0 Å². The average molecular weight is 506 g/mol. The number of ketones is 1. The number of hydrogen-bond acceptors (Lipinski definition) is 4. The molecule has 36 heavy (non-hydrogen) atoms. The van der Waals surface area contributed by atoms with Crippen LogP contribution in [0.4, 0.5) is 23.2 Å². The first kappa shape index (κ1) is 25.8. The van der Waals surface area contributed by atoms with Crippen molar-refractivity contribution in [3.63, 3.8) is 0 Å². The number of rotatable bonds is 6. The number of fused-ring (bicyclic) bond motifs is 2. The molecule has 0 radical (unpaired) electrons. The van der Waals surface area contributed by atoms with Gasteiger partial charge in [-0.3, -0.25) is 14.4 Å². The van der Waals surface area contributed by atoms with Gasteiger partial charge in [0, 0.05) is 29.8 Å². The number of nitrogens with one attached hydrogen (secondary N) is 1. The zero-order chi connectivity index (χ0) is 26.4. The summed E-state index contributed by atoms with van der Waals surface area (Å²) in [6.45, 7) is 2.82. The lowest BCUT2D eigenvalue weighted by molar-refractivity contribution is -0.169. The van der Waals surface area contributed by atoms with Crippen LogP contribution >= 0.6 is 0 Å². The highest BCUT2D eigenvalue weighted by molar-refractivity contribution is 6.04. The minimum Gasteiger partial charge on any atom is -0.389 e. The summed E-state index contributed by atoms with van der Waals surface area (Å²) < 4.78 is 58.9. The number of Topliss-reactive ketones (excluding diaryl/α,β-unsaturated/α-hetero) is 1. The molecule has 2 aliphatic rings. The zero-order valence-corrected chi connectivity index (χ0v) is 19.8. The summed E-state index contributed by atoms with van der Waals surface area (Å²) in [6.07, 6.45) is 0.598. The second-order valence-electron chi connectivity index (χ2n) is 9.80. The van der Waals surface area contributed by atoms with Gasteiger partial charge < -0.3 is 15.3 Å². The minimum absolute atomic E-state index is 0.0209. The van der Waals surface area contributed by atoms with E-state index >= 15 is 8.78 Å². The van der Waals surface area contributed by atoms with Crippen LogP contribution in [0, 0.1) is 18.6 Å². The molecule has 2 fully saturated rings. The van der Waals surface area contributed by atoms with Crippen LogP contribution in [0.15, 0.2) is 36.4 Å². The van der Waals surface area contributed by atoms with Gasteiger partial charge >= 0.3 is 5.92 Å². The Labute approximate surface area is 205 Å². The van der Waals surface area contributed by atoms with E-state index in [0.29, 0.717) is 25.0 Å². The number of hydrogen-bond donors (Lipinski definition) is 2. The molecule has 2 bridgehead atoms. The number of carbonyl (C=O) groups excluding carboxylic acids is 3. The maximum absolute atomic E-state index is 15.4. The fourth-order valence-corrected chi connectivity index (χ4v) is 5.37. The van der Waals surface area contributed by atoms with Gasteiger partial charge in [0.25, 0.3) is 11.8 Å². The Morgan fingerprint density at radius 1 is 1.06 bits per heavy atom. The van der Waals surface area contributed by atoms with Crippen molar-refractivity contribution in [2.24, 2.45) is 0 Å². The Morgan fingerprint density at radius 3 is 2.25 bits per heavy atom. The lowest BCUT2D eigenvalue weighted by Crippen LogP contribution is -2.56. The van der Waals surface area contributed by atoms with Crippen LogP contribution in [-0.2, 0) is 15.5 Å². The molecule has 2 atom stereocenters. The summed E-state index contributed by atoms with van der Waals surface area (Å²) >= 11 is 0. The molecular formula is C26H26F4N2O4. The molecule has 2 N–H and O–H groups in total. The van der Waals surface area contributed by atoms with Crippen molar-refractivity contribution >= 4 is 23.3 Å². The van der Waals surface area contributed by atoms with Crippen molar-refractivity contribution < 1.29 is 37.1 Å². The highest BCUT2D eigenvalue weighted by Crippen LogP contribution is 2.45. The monoisotopic (exact) mass is 506 g/mol. The van der Waals surface area contributed by atoms with Crippen molar-refractivity contribution in [3.8, 4) is 0 Å². The predicted molar refractivity (Wildman–Crippen MR) is 123 cm³/mol. The highest BCUT2D eigenvalue weighted by atomic mass is 19.3. The lowest BCUT2D eigenvalue weighted by atomic mass is 9.82. The number of piperidine rings is 1. The molecule has 2 aliphatic heterocycles. The van der Waals surface area contributed by atoms with Crippen molar-refractivity contribution in [2.45, 2.75) is 69.6 Å². The second-order valence-corrected chi connectivity index (χ2v) is 9.80. The van der Waals surface area contributed by atoms with Gasteiger partial charge in [-0.05, 0) is 81.5 Å². The van der Waals surface area contributed by atoms with Gasteiger partial charge in [-0.15, -0.1) is 0 Å². The molecule has 0 saturated carbocycles. The first-order valence-corrected chi connectivity index (χ1v) is 11.6. The standard InChI is InChI=1S/C26H26F4N2O4/c1-14-9-17(4-8-21(14)27)31-23(34)16-3-7-22(28)20(10-16)26(29,30)24(35)32-18-5-6-19(32)13-25(36,12-18)11-15(2)33/h3-4,7-10,18-19,36H,5-6,11-13H2,1-2H3,(H,31,34). The largest absolute Gasteiger partial charge is 0.389 e. The maximum atomic E-state index is 15.4. The molecule has 2 heterocycles. The van der Waals surface area contributed by atoms with E-state index in [1.807, 2.05) is 0 Å². The summed E-state index contributed by atoms with van der Waals surface area (Å²) in [5, 5.41) is 13.2.